The first-order valence-corrected chi connectivity index (χ1v) is 8.98. The van der Waals surface area contributed by atoms with Crippen LogP contribution in [0.2, 0.25) is 0 Å². The van der Waals surface area contributed by atoms with Gasteiger partial charge in [0.1, 0.15) is 5.60 Å². The van der Waals surface area contributed by atoms with E-state index in [2.05, 4.69) is 19.1 Å². The Labute approximate surface area is 144 Å². The lowest BCUT2D eigenvalue weighted by molar-refractivity contribution is 0.0278. The van der Waals surface area contributed by atoms with Crippen molar-refractivity contribution in [2.24, 2.45) is 11.8 Å². The van der Waals surface area contributed by atoms with Gasteiger partial charge < -0.3 is 14.7 Å². The minimum atomic E-state index is -0.472. The van der Waals surface area contributed by atoms with E-state index in [4.69, 9.17) is 4.74 Å². The van der Waals surface area contributed by atoms with Crippen molar-refractivity contribution in [1.82, 2.24) is 4.90 Å². The van der Waals surface area contributed by atoms with Crippen LogP contribution in [0.3, 0.4) is 0 Å². The molecule has 132 valence electrons. The predicted molar refractivity (Wildman–Crippen MR) is 93.9 cm³/mol. The lowest BCUT2D eigenvalue weighted by atomic mass is 9.68. The minimum Gasteiger partial charge on any atom is -0.444 e. The van der Waals surface area contributed by atoms with Crippen LogP contribution in [0.25, 0.3) is 0 Å². The number of ether oxygens (including phenoxy) is 1. The molecule has 2 fully saturated rings. The number of amides is 1. The smallest absolute Gasteiger partial charge is 0.410 e. The van der Waals surface area contributed by atoms with Gasteiger partial charge in [0.15, 0.2) is 0 Å². The molecule has 0 aromatic heterocycles. The summed E-state index contributed by atoms with van der Waals surface area (Å²) in [5.74, 6) is 0.866. The maximum Gasteiger partial charge on any atom is 0.410 e. The summed E-state index contributed by atoms with van der Waals surface area (Å²) in [5.41, 5.74) is 1.98. The number of carbonyl (C=O) groups is 1. The van der Waals surface area contributed by atoms with Gasteiger partial charge in [0.25, 0.3) is 0 Å². The molecule has 1 aliphatic heterocycles. The molecule has 0 unspecified atom stereocenters. The summed E-state index contributed by atoms with van der Waals surface area (Å²) in [4.78, 5) is 14.3. The Balaban J connectivity index is 1.81. The average molecular weight is 331 g/mol. The molecule has 0 spiro atoms. The van der Waals surface area contributed by atoms with Crippen molar-refractivity contribution >= 4 is 6.09 Å². The third-order valence-corrected chi connectivity index (χ3v) is 5.40. The Bertz CT molecular complexity index is 607. The average Bonchev–Trinajstić information content (AvgIpc) is 2.91. The molecule has 1 N–H and O–H groups in total. The largest absolute Gasteiger partial charge is 0.444 e. The zero-order valence-corrected chi connectivity index (χ0v) is 15.2. The van der Waals surface area contributed by atoms with Crippen LogP contribution >= 0.6 is 0 Å². The van der Waals surface area contributed by atoms with E-state index in [1.54, 1.807) is 0 Å². The van der Waals surface area contributed by atoms with Gasteiger partial charge in [0.2, 0.25) is 0 Å². The summed E-state index contributed by atoms with van der Waals surface area (Å²) >= 11 is 0. The number of carbonyl (C=O) groups excluding carboxylic acids is 1. The van der Waals surface area contributed by atoms with Gasteiger partial charge in [-0.1, -0.05) is 24.3 Å². The molecule has 1 saturated heterocycles. The lowest BCUT2D eigenvalue weighted by Crippen LogP contribution is -2.37. The Morgan fingerprint density at radius 3 is 2.58 bits per heavy atom. The van der Waals surface area contributed by atoms with E-state index in [-0.39, 0.29) is 18.1 Å². The Morgan fingerprint density at radius 1 is 1.21 bits per heavy atom. The third kappa shape index (κ3) is 3.44. The zero-order chi connectivity index (χ0) is 17.5. The van der Waals surface area contributed by atoms with Crippen LogP contribution in [0.4, 0.5) is 4.79 Å². The van der Waals surface area contributed by atoms with Crippen molar-refractivity contribution in [2.75, 3.05) is 13.1 Å². The van der Waals surface area contributed by atoms with Crippen LogP contribution in [0.1, 0.15) is 50.7 Å². The molecule has 0 radical (unpaired) electrons. The highest BCUT2D eigenvalue weighted by molar-refractivity contribution is 5.68. The second kappa shape index (κ2) is 6.40. The molecule has 1 aromatic rings. The molecule has 4 heteroatoms. The first kappa shape index (κ1) is 17.3. The number of likely N-dealkylation sites (tertiary alicyclic amines) is 1. The molecule has 4 atom stereocenters. The molecule has 1 saturated carbocycles. The standard InChI is InChI=1S/C20H29NO3/c1-13-7-5-6-8-15(13)18-16-12-21(19(23)24-20(2,3)4)11-14(16)9-10-17(18)22/h5-8,14,16-18,22H,9-12H2,1-4H3/t14-,16-,17+,18+/m1/s1. The number of nitrogens with zero attached hydrogens (tertiary/aromatic N) is 1. The van der Waals surface area contributed by atoms with Crippen LogP contribution in [-0.4, -0.2) is 40.9 Å². The number of aryl methyl sites for hydroxylation is 1. The fraction of sp³-hybridized carbons (Fsp3) is 0.650. The van der Waals surface area contributed by atoms with Crippen LogP contribution in [0.15, 0.2) is 24.3 Å². The summed E-state index contributed by atoms with van der Waals surface area (Å²) in [6.07, 6.45) is 1.23. The van der Waals surface area contributed by atoms with Crippen LogP contribution in [0, 0.1) is 18.8 Å². The molecule has 4 nitrogen and oxygen atoms in total. The molecular formula is C20H29NO3. The third-order valence-electron chi connectivity index (χ3n) is 5.40. The Kier molecular flexibility index (Phi) is 4.60. The maximum absolute atomic E-state index is 12.4. The topological polar surface area (TPSA) is 49.8 Å². The number of fused-ring (bicyclic) bond motifs is 1. The predicted octanol–water partition coefficient (Wildman–Crippen LogP) is 3.72. The van der Waals surface area contributed by atoms with E-state index in [0.29, 0.717) is 18.4 Å². The SMILES string of the molecule is Cc1ccccc1[C@H]1[C@@H]2CN(C(=O)OC(C)(C)C)C[C@H]2CC[C@@H]1O. The van der Waals surface area contributed by atoms with Gasteiger partial charge in [0.05, 0.1) is 6.10 Å². The van der Waals surface area contributed by atoms with Gasteiger partial charge >= 0.3 is 6.09 Å². The van der Waals surface area contributed by atoms with Gasteiger partial charge in [-0.3, -0.25) is 0 Å². The van der Waals surface area contributed by atoms with Crippen molar-refractivity contribution in [2.45, 2.75) is 58.2 Å². The summed E-state index contributed by atoms with van der Waals surface area (Å²) in [5, 5.41) is 10.7. The number of hydrogen-bond acceptors (Lipinski definition) is 3. The van der Waals surface area contributed by atoms with Gasteiger partial charge in [-0.2, -0.15) is 0 Å². The minimum absolute atomic E-state index is 0.109. The van der Waals surface area contributed by atoms with Gasteiger partial charge in [-0.15, -0.1) is 0 Å². The van der Waals surface area contributed by atoms with Crippen molar-refractivity contribution in [3.63, 3.8) is 0 Å². The number of aliphatic hydroxyl groups is 1. The van der Waals surface area contributed by atoms with Crippen LogP contribution in [-0.2, 0) is 4.74 Å². The van der Waals surface area contributed by atoms with Crippen LogP contribution in [0.5, 0.6) is 0 Å². The van der Waals surface area contributed by atoms with Crippen molar-refractivity contribution < 1.29 is 14.6 Å². The van der Waals surface area contributed by atoms with Gasteiger partial charge in [-0.05, 0) is 63.5 Å². The van der Waals surface area contributed by atoms with Crippen molar-refractivity contribution in [3.8, 4) is 0 Å². The molecule has 1 aromatic carbocycles. The Morgan fingerprint density at radius 2 is 1.92 bits per heavy atom. The fourth-order valence-electron chi connectivity index (χ4n) is 4.33. The number of benzene rings is 1. The lowest BCUT2D eigenvalue weighted by Gasteiger charge is -2.37. The molecular weight excluding hydrogens is 302 g/mol. The Hall–Kier alpha value is -1.55. The van der Waals surface area contributed by atoms with E-state index in [1.165, 1.54) is 11.1 Å². The maximum atomic E-state index is 12.4. The highest BCUT2D eigenvalue weighted by atomic mass is 16.6. The van der Waals surface area contributed by atoms with E-state index in [9.17, 15) is 9.90 Å². The normalized spacial score (nSPS) is 30.1. The molecule has 3 rings (SSSR count). The van der Waals surface area contributed by atoms with E-state index in [0.717, 1.165) is 19.4 Å². The first-order chi connectivity index (χ1) is 11.3. The van der Waals surface area contributed by atoms with E-state index >= 15 is 0 Å². The van der Waals surface area contributed by atoms with Gasteiger partial charge in [-0.25, -0.2) is 4.79 Å². The number of aliphatic hydroxyl groups excluding tert-OH is 1. The summed E-state index contributed by atoms with van der Waals surface area (Å²) in [7, 11) is 0. The number of hydrogen-bond donors (Lipinski definition) is 1. The highest BCUT2D eigenvalue weighted by Crippen LogP contribution is 2.46. The van der Waals surface area contributed by atoms with Gasteiger partial charge in [0, 0.05) is 19.0 Å². The summed E-state index contributed by atoms with van der Waals surface area (Å²) < 4.78 is 5.54. The molecule has 1 heterocycles. The summed E-state index contributed by atoms with van der Waals surface area (Å²) in [6.45, 7) is 9.21. The van der Waals surface area contributed by atoms with Crippen molar-refractivity contribution in [3.05, 3.63) is 35.4 Å². The van der Waals surface area contributed by atoms with Crippen LogP contribution < -0.4 is 0 Å². The quantitative estimate of drug-likeness (QED) is 0.853. The molecule has 2 aliphatic rings. The van der Waals surface area contributed by atoms with Crippen molar-refractivity contribution in [1.29, 1.82) is 0 Å². The summed E-state index contributed by atoms with van der Waals surface area (Å²) in [6, 6.07) is 8.31. The molecule has 1 aliphatic carbocycles. The first-order valence-electron chi connectivity index (χ1n) is 8.98. The highest BCUT2D eigenvalue weighted by Gasteiger charge is 2.46. The second-order valence-electron chi connectivity index (χ2n) is 8.34. The number of rotatable bonds is 1. The molecule has 0 bridgehead atoms. The zero-order valence-electron chi connectivity index (χ0n) is 15.2. The van der Waals surface area contributed by atoms with E-state index in [1.807, 2.05) is 37.8 Å². The fourth-order valence-corrected chi connectivity index (χ4v) is 4.33. The van der Waals surface area contributed by atoms with E-state index < -0.39 is 5.60 Å². The monoisotopic (exact) mass is 331 g/mol. The second-order valence-corrected chi connectivity index (χ2v) is 8.34. The molecule has 1 amide bonds. The molecule has 24 heavy (non-hydrogen) atoms.